The summed E-state index contributed by atoms with van der Waals surface area (Å²) < 4.78 is 4.78. The molecule has 2 atom stereocenters. The van der Waals surface area contributed by atoms with Crippen LogP contribution in [0, 0.1) is 0 Å². The van der Waals surface area contributed by atoms with Crippen LogP contribution < -0.4 is 5.32 Å². The summed E-state index contributed by atoms with van der Waals surface area (Å²) in [6.07, 6.45) is 0.887. The summed E-state index contributed by atoms with van der Waals surface area (Å²) >= 11 is 11.9. The van der Waals surface area contributed by atoms with Gasteiger partial charge in [0.1, 0.15) is 6.04 Å². The molecule has 0 radical (unpaired) electrons. The van der Waals surface area contributed by atoms with Gasteiger partial charge >= 0.3 is 5.97 Å². The molecule has 1 fully saturated rings. The van der Waals surface area contributed by atoms with Crippen molar-refractivity contribution in [3.63, 3.8) is 0 Å². The number of halogens is 2. The van der Waals surface area contributed by atoms with Crippen LogP contribution in [0.2, 0.25) is 10.0 Å². The van der Waals surface area contributed by atoms with Gasteiger partial charge in [-0.3, -0.25) is 4.79 Å². The highest BCUT2D eigenvalue weighted by Gasteiger charge is 2.34. The summed E-state index contributed by atoms with van der Waals surface area (Å²) in [4.78, 5) is 11.6. The van der Waals surface area contributed by atoms with E-state index in [1.54, 1.807) is 6.07 Å². The Morgan fingerprint density at radius 3 is 2.82 bits per heavy atom. The van der Waals surface area contributed by atoms with Gasteiger partial charge in [-0.1, -0.05) is 29.3 Å². The Morgan fingerprint density at radius 2 is 2.18 bits per heavy atom. The summed E-state index contributed by atoms with van der Waals surface area (Å²) in [5, 5.41) is 4.18. The maximum absolute atomic E-state index is 11.6. The Labute approximate surface area is 110 Å². The summed E-state index contributed by atoms with van der Waals surface area (Å²) in [7, 11) is 1.40. The first kappa shape index (κ1) is 12.7. The minimum Gasteiger partial charge on any atom is -0.468 e. The number of rotatable bonds is 2. The molecule has 1 unspecified atom stereocenters. The molecule has 0 aliphatic carbocycles. The van der Waals surface area contributed by atoms with Crippen molar-refractivity contribution in [3.05, 3.63) is 33.8 Å². The van der Waals surface area contributed by atoms with Gasteiger partial charge in [0.25, 0.3) is 0 Å². The Morgan fingerprint density at radius 1 is 1.41 bits per heavy atom. The van der Waals surface area contributed by atoms with Crippen LogP contribution >= 0.6 is 23.2 Å². The molecule has 2 rings (SSSR count). The molecule has 1 heterocycles. The number of hydrogen-bond donors (Lipinski definition) is 1. The Kier molecular flexibility index (Phi) is 3.92. The third-order valence-corrected chi connectivity index (χ3v) is 3.79. The fraction of sp³-hybridized carbons (Fsp3) is 0.417. The van der Waals surface area contributed by atoms with E-state index in [-0.39, 0.29) is 17.9 Å². The lowest BCUT2D eigenvalue weighted by Crippen LogP contribution is -2.35. The monoisotopic (exact) mass is 273 g/mol. The normalized spacial score (nSPS) is 23.7. The maximum Gasteiger partial charge on any atom is 0.323 e. The topological polar surface area (TPSA) is 38.3 Å². The first-order valence-electron chi connectivity index (χ1n) is 5.39. The van der Waals surface area contributed by atoms with Crippen molar-refractivity contribution in [1.29, 1.82) is 0 Å². The highest BCUT2D eigenvalue weighted by atomic mass is 35.5. The lowest BCUT2D eigenvalue weighted by molar-refractivity contribution is -0.143. The second-order valence-electron chi connectivity index (χ2n) is 4.02. The third-order valence-electron chi connectivity index (χ3n) is 3.05. The zero-order valence-electron chi connectivity index (χ0n) is 9.37. The van der Waals surface area contributed by atoms with Crippen LogP contribution in [0.4, 0.5) is 0 Å². The second-order valence-corrected chi connectivity index (χ2v) is 4.84. The van der Waals surface area contributed by atoms with Crippen molar-refractivity contribution in [3.8, 4) is 0 Å². The van der Waals surface area contributed by atoms with Gasteiger partial charge in [0, 0.05) is 5.92 Å². The van der Waals surface area contributed by atoms with E-state index in [1.165, 1.54) is 7.11 Å². The fourth-order valence-corrected chi connectivity index (χ4v) is 2.49. The van der Waals surface area contributed by atoms with Crippen molar-refractivity contribution in [2.75, 3.05) is 13.7 Å². The quantitative estimate of drug-likeness (QED) is 0.842. The van der Waals surface area contributed by atoms with Crippen LogP contribution in [0.5, 0.6) is 0 Å². The van der Waals surface area contributed by atoms with Crippen LogP contribution in [0.3, 0.4) is 0 Å². The molecule has 1 aromatic rings. The van der Waals surface area contributed by atoms with E-state index < -0.39 is 0 Å². The molecule has 92 valence electrons. The Hall–Kier alpha value is -0.770. The van der Waals surface area contributed by atoms with Crippen molar-refractivity contribution in [2.45, 2.75) is 18.4 Å². The van der Waals surface area contributed by atoms with Gasteiger partial charge in [0.05, 0.1) is 17.2 Å². The number of benzene rings is 1. The smallest absolute Gasteiger partial charge is 0.323 e. The second kappa shape index (κ2) is 5.25. The molecule has 0 amide bonds. The van der Waals surface area contributed by atoms with Gasteiger partial charge in [-0.25, -0.2) is 0 Å². The summed E-state index contributed by atoms with van der Waals surface area (Å²) in [5.74, 6) is -0.143. The minimum absolute atomic E-state index is 0.0946. The van der Waals surface area contributed by atoms with Crippen LogP contribution in [0.15, 0.2) is 18.2 Å². The van der Waals surface area contributed by atoms with E-state index in [9.17, 15) is 4.79 Å². The number of carbonyl (C=O) groups excluding carboxylic acids is 1. The molecular formula is C12H13Cl2NO2. The predicted octanol–water partition coefficient (Wildman–Crippen LogP) is 2.61. The Balaban J connectivity index is 2.26. The van der Waals surface area contributed by atoms with Crippen molar-refractivity contribution >= 4 is 29.2 Å². The number of hydrogen-bond acceptors (Lipinski definition) is 3. The van der Waals surface area contributed by atoms with Crippen molar-refractivity contribution in [2.24, 2.45) is 0 Å². The average molecular weight is 274 g/mol. The molecule has 1 aliphatic heterocycles. The minimum atomic E-state index is -0.294. The summed E-state index contributed by atoms with van der Waals surface area (Å²) in [6, 6.07) is 5.18. The van der Waals surface area contributed by atoms with Gasteiger partial charge in [-0.05, 0) is 30.7 Å². The zero-order valence-corrected chi connectivity index (χ0v) is 10.9. The summed E-state index contributed by atoms with van der Waals surface area (Å²) in [5.41, 5.74) is 1.01. The van der Waals surface area contributed by atoms with E-state index in [2.05, 4.69) is 5.32 Å². The Bertz CT molecular complexity index is 437. The van der Waals surface area contributed by atoms with Gasteiger partial charge in [-0.2, -0.15) is 0 Å². The van der Waals surface area contributed by atoms with Crippen molar-refractivity contribution < 1.29 is 9.53 Å². The van der Waals surface area contributed by atoms with E-state index >= 15 is 0 Å². The summed E-state index contributed by atoms with van der Waals surface area (Å²) in [6.45, 7) is 0.796. The number of carbonyl (C=O) groups is 1. The molecule has 0 spiro atoms. The molecule has 0 bridgehead atoms. The highest BCUT2D eigenvalue weighted by Crippen LogP contribution is 2.32. The highest BCUT2D eigenvalue weighted by molar-refractivity contribution is 6.42. The molecule has 5 heteroatoms. The van der Waals surface area contributed by atoms with Gasteiger partial charge in [0.15, 0.2) is 0 Å². The zero-order chi connectivity index (χ0) is 12.4. The van der Waals surface area contributed by atoms with Gasteiger partial charge in [0.2, 0.25) is 0 Å². The molecule has 3 nitrogen and oxygen atoms in total. The third kappa shape index (κ3) is 2.57. The lowest BCUT2D eigenvalue weighted by Gasteiger charge is -2.18. The maximum atomic E-state index is 11.6. The van der Waals surface area contributed by atoms with Gasteiger partial charge < -0.3 is 10.1 Å². The number of methoxy groups -OCH3 is 1. The van der Waals surface area contributed by atoms with Gasteiger partial charge in [-0.15, -0.1) is 0 Å². The number of ether oxygens (including phenoxy) is 1. The van der Waals surface area contributed by atoms with Crippen LogP contribution in [0.1, 0.15) is 17.9 Å². The van der Waals surface area contributed by atoms with Crippen LogP contribution in [0.25, 0.3) is 0 Å². The molecule has 1 aliphatic rings. The fourth-order valence-electron chi connectivity index (χ4n) is 2.18. The molecule has 1 saturated heterocycles. The lowest BCUT2D eigenvalue weighted by atomic mass is 9.92. The van der Waals surface area contributed by atoms with Crippen LogP contribution in [-0.2, 0) is 9.53 Å². The largest absolute Gasteiger partial charge is 0.468 e. The predicted molar refractivity (Wildman–Crippen MR) is 67.6 cm³/mol. The van der Waals surface area contributed by atoms with E-state index in [1.807, 2.05) is 12.1 Å². The first-order chi connectivity index (χ1) is 8.13. The molecule has 1 N–H and O–H groups in total. The molecular weight excluding hydrogens is 261 g/mol. The first-order valence-corrected chi connectivity index (χ1v) is 6.15. The number of nitrogens with one attached hydrogen (secondary N) is 1. The molecule has 1 aromatic carbocycles. The standard InChI is InChI=1S/C12H13Cl2NO2/c1-17-12(16)11-8(4-5-15-11)7-2-3-9(13)10(14)6-7/h2-3,6,8,11,15H,4-5H2,1H3/t8?,11-/m0/s1. The SMILES string of the molecule is COC(=O)[C@H]1NCCC1c1ccc(Cl)c(Cl)c1. The molecule has 17 heavy (non-hydrogen) atoms. The average Bonchev–Trinajstić information content (AvgIpc) is 2.80. The van der Waals surface area contributed by atoms with E-state index in [0.29, 0.717) is 10.0 Å². The number of esters is 1. The van der Waals surface area contributed by atoms with E-state index in [0.717, 1.165) is 18.5 Å². The van der Waals surface area contributed by atoms with Crippen molar-refractivity contribution in [1.82, 2.24) is 5.32 Å². The molecule has 0 saturated carbocycles. The van der Waals surface area contributed by atoms with Crippen LogP contribution in [-0.4, -0.2) is 25.7 Å². The molecule has 0 aromatic heterocycles. The van der Waals surface area contributed by atoms with E-state index in [4.69, 9.17) is 27.9 Å².